The summed E-state index contributed by atoms with van der Waals surface area (Å²) in [7, 11) is 0. The van der Waals surface area contributed by atoms with Crippen LogP contribution in [-0.4, -0.2) is 0 Å². The van der Waals surface area contributed by atoms with E-state index in [0.29, 0.717) is 0 Å². The first-order valence-electron chi connectivity index (χ1n) is 32.9. The van der Waals surface area contributed by atoms with Gasteiger partial charge in [0.25, 0.3) is 0 Å². The van der Waals surface area contributed by atoms with E-state index in [1.165, 1.54) is 199 Å². The molecule has 0 spiro atoms. The molecule has 0 heterocycles. The maximum atomic E-state index is 2.50. The van der Waals surface area contributed by atoms with Gasteiger partial charge < -0.3 is 0 Å². The molecule has 0 aromatic heterocycles. The van der Waals surface area contributed by atoms with Crippen LogP contribution in [0.15, 0.2) is 243 Å². The molecule has 0 unspecified atom stereocenters. The minimum Gasteiger partial charge on any atom is -0.0619 e. The van der Waals surface area contributed by atoms with Crippen molar-refractivity contribution in [2.45, 2.75) is 96.3 Å². The fraction of sp³-hybridized carbons (Fsp3) is 0.165. The number of benzene rings is 14. The minimum absolute atomic E-state index is 0.0335. The Labute approximate surface area is 534 Å². The van der Waals surface area contributed by atoms with Crippen LogP contribution in [0.2, 0.25) is 0 Å². The van der Waals surface area contributed by atoms with Crippen LogP contribution in [0.1, 0.15) is 125 Å². The van der Waals surface area contributed by atoms with E-state index < -0.39 is 0 Å². The quantitative estimate of drug-likeness (QED) is 0.151. The fourth-order valence-electron chi connectivity index (χ4n) is 18.2. The van der Waals surface area contributed by atoms with E-state index in [2.05, 4.69) is 312 Å². The Kier molecular flexibility index (Phi) is 10.3. The van der Waals surface area contributed by atoms with E-state index in [-0.39, 0.29) is 27.1 Å². The first-order chi connectivity index (χ1) is 43.8. The standard InChI is InChI=1S/C91H70/c1-87(2)75-17-12-11-16-64(75)65-32-22-54(42-76(65)87)55-23-33-66-67-34-24-56(44-78(67)88(3,4)77(66)43-55)57-25-35-68-69-36-26-58(46-80(69)89(5,6)79(68)45-57)59-27-37-70-71-38-28-60(48-82(71)90(7,8)81(70)47-59)61-29-39-72-73-40-30-62(50-84(73)91(9,10)83(72)49-61)63-31-20-53-19-18-51-14-13-15-52-21-41-74(63)86(53)85(51)52/h11-50H,1-10H3. The second-order valence-corrected chi connectivity index (χ2v) is 30.0. The van der Waals surface area contributed by atoms with E-state index in [1.54, 1.807) is 0 Å². The number of fused-ring (bicyclic) bond motifs is 15. The zero-order chi connectivity index (χ0) is 61.6. The van der Waals surface area contributed by atoms with Gasteiger partial charge in [0.1, 0.15) is 0 Å². The van der Waals surface area contributed by atoms with Crippen molar-refractivity contribution in [3.05, 3.63) is 298 Å². The summed E-state index contributed by atoms with van der Waals surface area (Å²) in [4.78, 5) is 0. The summed E-state index contributed by atoms with van der Waals surface area (Å²) >= 11 is 0. The Hall–Kier alpha value is -9.88. The highest BCUT2D eigenvalue weighted by atomic mass is 14.4. The maximum Gasteiger partial charge on any atom is 0.0159 e. The average molecular weight is 1160 g/mol. The third-order valence-corrected chi connectivity index (χ3v) is 23.5. The van der Waals surface area contributed by atoms with Gasteiger partial charge in [0.05, 0.1) is 0 Å². The summed E-state index contributed by atoms with van der Waals surface area (Å²) in [6, 6.07) is 94.5. The molecule has 5 aliphatic carbocycles. The summed E-state index contributed by atoms with van der Waals surface area (Å²) in [6.45, 7) is 24.1. The third kappa shape index (κ3) is 7.06. The largest absolute Gasteiger partial charge is 0.0619 e. The molecule has 0 saturated heterocycles. The van der Waals surface area contributed by atoms with Crippen molar-refractivity contribution in [3.8, 4) is 111 Å². The Morgan fingerprint density at radius 1 is 0.165 bits per heavy atom. The molecule has 14 aromatic carbocycles. The molecule has 5 aliphatic rings. The Balaban J connectivity index is 0.589. The molecular weight excluding hydrogens is 1090 g/mol. The van der Waals surface area contributed by atoms with Crippen molar-refractivity contribution in [1.29, 1.82) is 0 Å². The van der Waals surface area contributed by atoms with Crippen molar-refractivity contribution in [2.24, 2.45) is 0 Å². The summed E-state index contributed by atoms with van der Waals surface area (Å²) in [6.07, 6.45) is 0. The van der Waals surface area contributed by atoms with Crippen molar-refractivity contribution >= 4 is 32.3 Å². The van der Waals surface area contributed by atoms with Crippen molar-refractivity contribution in [1.82, 2.24) is 0 Å². The maximum absolute atomic E-state index is 2.50. The van der Waals surface area contributed by atoms with Crippen molar-refractivity contribution < 1.29 is 0 Å². The molecule has 0 heteroatoms. The molecule has 0 bridgehead atoms. The summed E-state index contributed by atoms with van der Waals surface area (Å²) in [5.74, 6) is 0. The van der Waals surface area contributed by atoms with Gasteiger partial charge in [-0.15, -0.1) is 0 Å². The van der Waals surface area contributed by atoms with Crippen molar-refractivity contribution in [3.63, 3.8) is 0 Å². The van der Waals surface area contributed by atoms with Gasteiger partial charge in [0.2, 0.25) is 0 Å². The molecule has 19 rings (SSSR count). The van der Waals surface area contributed by atoms with Gasteiger partial charge in [0.15, 0.2) is 0 Å². The van der Waals surface area contributed by atoms with Crippen LogP contribution < -0.4 is 0 Å². The van der Waals surface area contributed by atoms with Crippen LogP contribution in [0, 0.1) is 0 Å². The number of hydrogen-bond acceptors (Lipinski definition) is 0. The molecular formula is C91H70. The van der Waals surface area contributed by atoms with Gasteiger partial charge in [-0.05, 0) is 254 Å². The summed E-state index contributed by atoms with van der Waals surface area (Å²) in [5, 5.41) is 7.96. The first-order valence-corrected chi connectivity index (χ1v) is 32.9. The van der Waals surface area contributed by atoms with Crippen LogP contribution in [0.4, 0.5) is 0 Å². The molecule has 0 aliphatic heterocycles. The van der Waals surface area contributed by atoms with Crippen LogP contribution in [0.3, 0.4) is 0 Å². The highest BCUT2D eigenvalue weighted by Gasteiger charge is 2.42. The number of rotatable bonds is 5. The van der Waals surface area contributed by atoms with Gasteiger partial charge >= 0.3 is 0 Å². The van der Waals surface area contributed by atoms with E-state index in [9.17, 15) is 0 Å². The predicted molar refractivity (Wildman–Crippen MR) is 385 cm³/mol. The molecule has 0 saturated carbocycles. The molecule has 0 N–H and O–H groups in total. The zero-order valence-corrected chi connectivity index (χ0v) is 53.6. The third-order valence-electron chi connectivity index (χ3n) is 23.5. The average Bonchev–Trinajstić information content (AvgIpc) is 1.79. The van der Waals surface area contributed by atoms with Crippen LogP contribution >= 0.6 is 0 Å². The van der Waals surface area contributed by atoms with Crippen LogP contribution in [-0.2, 0) is 27.1 Å². The van der Waals surface area contributed by atoms with E-state index in [0.717, 1.165) is 0 Å². The van der Waals surface area contributed by atoms with Crippen molar-refractivity contribution in [2.75, 3.05) is 0 Å². The second-order valence-electron chi connectivity index (χ2n) is 30.0. The Bertz CT molecular complexity index is 5590. The van der Waals surface area contributed by atoms with E-state index in [1.807, 2.05) is 0 Å². The first kappa shape index (κ1) is 53.0. The van der Waals surface area contributed by atoms with E-state index >= 15 is 0 Å². The fourth-order valence-corrected chi connectivity index (χ4v) is 18.2. The lowest BCUT2D eigenvalue weighted by Gasteiger charge is -2.24. The van der Waals surface area contributed by atoms with Gasteiger partial charge in [-0.3, -0.25) is 0 Å². The monoisotopic (exact) mass is 1160 g/mol. The molecule has 0 radical (unpaired) electrons. The summed E-state index contributed by atoms with van der Waals surface area (Å²) in [5.41, 5.74) is 39.6. The molecule has 91 heavy (non-hydrogen) atoms. The molecule has 0 fully saturated rings. The van der Waals surface area contributed by atoms with Crippen LogP contribution in [0.25, 0.3) is 144 Å². The number of hydrogen-bond donors (Lipinski definition) is 0. The lowest BCUT2D eigenvalue weighted by Crippen LogP contribution is -2.16. The van der Waals surface area contributed by atoms with Gasteiger partial charge in [0, 0.05) is 27.1 Å². The molecule has 14 aromatic rings. The van der Waals surface area contributed by atoms with Gasteiger partial charge in [-0.2, -0.15) is 0 Å². The highest BCUT2D eigenvalue weighted by molar-refractivity contribution is 6.25. The van der Waals surface area contributed by atoms with Gasteiger partial charge in [-0.25, -0.2) is 0 Å². The van der Waals surface area contributed by atoms with Crippen LogP contribution in [0.5, 0.6) is 0 Å². The summed E-state index contributed by atoms with van der Waals surface area (Å²) < 4.78 is 0. The lowest BCUT2D eigenvalue weighted by atomic mass is 9.79. The normalized spacial score (nSPS) is 16.2. The predicted octanol–water partition coefficient (Wildman–Crippen LogP) is 24.5. The zero-order valence-electron chi connectivity index (χ0n) is 53.6. The van der Waals surface area contributed by atoms with E-state index in [4.69, 9.17) is 0 Å². The Morgan fingerprint density at radius 3 is 0.725 bits per heavy atom. The molecule has 434 valence electrons. The minimum atomic E-state index is -0.181. The SMILES string of the molecule is CC1(C)c2ccccc2-c2ccc(-c3ccc4c(c3)C(C)(C)c3cc(-c5ccc6c(c5)C(C)(C)c5cc(-c7ccc8c(c7)C(C)(C)c7cc(-c9ccc%10c(c9)C(C)(C)c9cc(-c%11ccc%12ccc%13cccc%14ccc%11c%12c%13%14)ccc9-%10)ccc7-8)ccc5-6)ccc3-4)cc21. The molecule has 0 atom stereocenters. The van der Waals surface area contributed by atoms with Gasteiger partial charge in [-0.1, -0.05) is 257 Å². The Morgan fingerprint density at radius 2 is 0.396 bits per heavy atom. The topological polar surface area (TPSA) is 0 Å². The highest BCUT2D eigenvalue weighted by Crippen LogP contribution is 2.58. The molecule has 0 amide bonds. The smallest absolute Gasteiger partial charge is 0.0159 e. The lowest BCUT2D eigenvalue weighted by molar-refractivity contribution is 0.659. The molecule has 0 nitrogen and oxygen atoms in total. The second kappa shape index (κ2) is 17.7.